The molecule has 28 heavy (non-hydrogen) atoms. The van der Waals surface area contributed by atoms with Crippen molar-refractivity contribution in [1.82, 2.24) is 9.62 Å². The Morgan fingerprint density at radius 3 is 2.43 bits per heavy atom. The first-order chi connectivity index (χ1) is 13.4. The monoisotopic (exact) mass is 404 g/mol. The first-order valence-corrected chi connectivity index (χ1v) is 12.3. The largest absolute Gasteiger partial charge is 0.353 e. The second-order valence-corrected chi connectivity index (χ2v) is 10.9. The molecule has 1 N–H and O–H groups in total. The van der Waals surface area contributed by atoms with Gasteiger partial charge in [-0.25, -0.2) is 8.42 Å². The van der Waals surface area contributed by atoms with Crippen LogP contribution in [0.3, 0.4) is 0 Å². The van der Waals surface area contributed by atoms with Gasteiger partial charge in [-0.15, -0.1) is 0 Å². The van der Waals surface area contributed by atoms with Gasteiger partial charge in [0, 0.05) is 19.1 Å². The topological polar surface area (TPSA) is 66.5 Å². The van der Waals surface area contributed by atoms with Gasteiger partial charge in [0.25, 0.3) is 0 Å². The Morgan fingerprint density at radius 2 is 1.82 bits per heavy atom. The predicted octanol–water partition coefficient (Wildman–Crippen LogP) is 3.34. The van der Waals surface area contributed by atoms with Crippen molar-refractivity contribution in [2.75, 3.05) is 13.1 Å². The Morgan fingerprint density at radius 1 is 1.11 bits per heavy atom. The van der Waals surface area contributed by atoms with Gasteiger partial charge in [-0.3, -0.25) is 4.79 Å². The van der Waals surface area contributed by atoms with E-state index < -0.39 is 10.0 Å². The number of fused-ring (bicyclic) bond motifs is 2. The van der Waals surface area contributed by atoms with Crippen molar-refractivity contribution in [1.29, 1.82) is 0 Å². The molecule has 1 saturated heterocycles. The predicted molar refractivity (Wildman–Crippen MR) is 109 cm³/mol. The maximum atomic E-state index is 12.7. The quantitative estimate of drug-likeness (QED) is 0.791. The molecule has 1 heterocycles. The number of benzene rings is 1. The summed E-state index contributed by atoms with van der Waals surface area (Å²) < 4.78 is 27.0. The van der Waals surface area contributed by atoms with Crippen LogP contribution < -0.4 is 5.32 Å². The fourth-order valence-electron chi connectivity index (χ4n) is 5.54. The molecule has 2 aliphatic carbocycles. The Bertz CT molecular complexity index is 800. The Kier molecular flexibility index (Phi) is 5.79. The lowest BCUT2D eigenvalue weighted by atomic mass is 9.84. The van der Waals surface area contributed by atoms with Crippen molar-refractivity contribution >= 4 is 15.9 Å². The summed E-state index contributed by atoms with van der Waals surface area (Å²) in [6, 6.07) is 7.07. The molecule has 0 aromatic heterocycles. The summed E-state index contributed by atoms with van der Waals surface area (Å²) in [6.45, 7) is 3.35. The van der Waals surface area contributed by atoms with Crippen molar-refractivity contribution in [3.05, 3.63) is 29.8 Å². The van der Waals surface area contributed by atoms with Gasteiger partial charge < -0.3 is 5.32 Å². The van der Waals surface area contributed by atoms with Gasteiger partial charge in [-0.1, -0.05) is 25.0 Å². The highest BCUT2D eigenvalue weighted by molar-refractivity contribution is 7.89. The standard InChI is InChI=1S/C22H32N2O3S/c1-16(21-14-18-5-8-19(21)13-18)23-22(25)15-17-6-9-20(10-7-17)28(26,27)24-11-3-2-4-12-24/h6-7,9-10,16,18-19,21H,2-5,8,11-15H2,1H3,(H,23,25)/t16-,18+,19+,21+/m1/s1. The number of nitrogens with one attached hydrogen (secondary N) is 1. The zero-order valence-electron chi connectivity index (χ0n) is 16.8. The van der Waals surface area contributed by atoms with E-state index in [1.54, 1.807) is 28.6 Å². The lowest BCUT2D eigenvalue weighted by Gasteiger charge is -2.28. The second kappa shape index (κ2) is 8.15. The molecule has 3 aliphatic rings. The van der Waals surface area contributed by atoms with E-state index in [1.165, 1.54) is 25.7 Å². The molecule has 2 bridgehead atoms. The van der Waals surface area contributed by atoms with Crippen molar-refractivity contribution < 1.29 is 13.2 Å². The summed E-state index contributed by atoms with van der Waals surface area (Å²) in [5, 5.41) is 3.19. The average molecular weight is 405 g/mol. The number of rotatable bonds is 6. The summed E-state index contributed by atoms with van der Waals surface area (Å²) in [5.41, 5.74) is 0.857. The molecule has 5 nitrogen and oxygen atoms in total. The van der Waals surface area contributed by atoms with E-state index in [0.29, 0.717) is 30.3 Å². The minimum Gasteiger partial charge on any atom is -0.353 e. The molecule has 3 fully saturated rings. The highest BCUT2D eigenvalue weighted by Gasteiger charge is 2.42. The average Bonchev–Trinajstić information content (AvgIpc) is 3.32. The highest BCUT2D eigenvalue weighted by atomic mass is 32.2. The van der Waals surface area contributed by atoms with Crippen LogP contribution in [-0.2, 0) is 21.2 Å². The van der Waals surface area contributed by atoms with Crippen LogP contribution in [0.5, 0.6) is 0 Å². The molecule has 2 saturated carbocycles. The van der Waals surface area contributed by atoms with Crippen LogP contribution in [0.1, 0.15) is 57.4 Å². The fraction of sp³-hybridized carbons (Fsp3) is 0.682. The van der Waals surface area contributed by atoms with Crippen LogP contribution in [0.4, 0.5) is 0 Å². The number of hydrogen-bond acceptors (Lipinski definition) is 3. The Balaban J connectivity index is 1.33. The minimum absolute atomic E-state index is 0.0295. The van der Waals surface area contributed by atoms with E-state index in [4.69, 9.17) is 0 Å². The number of hydrogen-bond donors (Lipinski definition) is 1. The molecular formula is C22H32N2O3S. The maximum absolute atomic E-state index is 12.7. The molecule has 4 atom stereocenters. The highest BCUT2D eigenvalue weighted by Crippen LogP contribution is 2.49. The fourth-order valence-corrected chi connectivity index (χ4v) is 7.05. The van der Waals surface area contributed by atoms with Crippen LogP contribution in [0.2, 0.25) is 0 Å². The van der Waals surface area contributed by atoms with Crippen molar-refractivity contribution in [3.63, 3.8) is 0 Å². The molecule has 1 aliphatic heterocycles. The molecule has 4 rings (SSSR count). The summed E-state index contributed by atoms with van der Waals surface area (Å²) in [7, 11) is -3.41. The van der Waals surface area contributed by atoms with E-state index >= 15 is 0 Å². The molecule has 0 unspecified atom stereocenters. The van der Waals surface area contributed by atoms with E-state index in [0.717, 1.165) is 36.7 Å². The van der Waals surface area contributed by atoms with Gasteiger partial charge in [0.05, 0.1) is 11.3 Å². The number of amides is 1. The van der Waals surface area contributed by atoms with Crippen LogP contribution >= 0.6 is 0 Å². The van der Waals surface area contributed by atoms with Gasteiger partial charge in [-0.05, 0) is 74.5 Å². The number of carbonyl (C=O) groups is 1. The summed E-state index contributed by atoms with van der Waals surface area (Å²) in [5.74, 6) is 2.32. The second-order valence-electron chi connectivity index (χ2n) is 8.98. The molecule has 154 valence electrons. The summed E-state index contributed by atoms with van der Waals surface area (Å²) in [4.78, 5) is 12.8. The number of carbonyl (C=O) groups excluding carboxylic acids is 1. The Labute approximate surface area is 168 Å². The smallest absolute Gasteiger partial charge is 0.243 e. The minimum atomic E-state index is -3.41. The first kappa shape index (κ1) is 19.9. The van der Waals surface area contributed by atoms with Crippen LogP contribution in [-0.4, -0.2) is 37.8 Å². The van der Waals surface area contributed by atoms with Crippen molar-refractivity contribution in [2.24, 2.45) is 17.8 Å². The van der Waals surface area contributed by atoms with Crippen molar-refractivity contribution in [2.45, 2.75) is 69.2 Å². The SMILES string of the molecule is C[C@@H](NC(=O)Cc1ccc(S(=O)(=O)N2CCCCC2)cc1)[C@@H]1C[C@H]2CC[C@H]1C2. The normalized spacial score (nSPS) is 29.0. The lowest BCUT2D eigenvalue weighted by Crippen LogP contribution is -2.40. The van der Waals surface area contributed by atoms with Gasteiger partial charge in [-0.2, -0.15) is 4.31 Å². The summed E-state index contributed by atoms with van der Waals surface area (Å²) in [6.07, 6.45) is 8.55. The molecule has 1 amide bonds. The van der Waals surface area contributed by atoms with Crippen molar-refractivity contribution in [3.8, 4) is 0 Å². The van der Waals surface area contributed by atoms with E-state index in [2.05, 4.69) is 12.2 Å². The third-order valence-corrected chi connectivity index (χ3v) is 8.98. The molecule has 1 aromatic rings. The molecule has 0 radical (unpaired) electrons. The molecular weight excluding hydrogens is 372 g/mol. The number of nitrogens with zero attached hydrogens (tertiary/aromatic N) is 1. The zero-order valence-corrected chi connectivity index (χ0v) is 17.6. The third kappa shape index (κ3) is 4.13. The lowest BCUT2D eigenvalue weighted by molar-refractivity contribution is -0.121. The van der Waals surface area contributed by atoms with Gasteiger partial charge >= 0.3 is 0 Å². The van der Waals surface area contributed by atoms with Gasteiger partial charge in [0.2, 0.25) is 15.9 Å². The summed E-state index contributed by atoms with van der Waals surface area (Å²) >= 11 is 0. The van der Waals surface area contributed by atoms with E-state index in [-0.39, 0.29) is 11.9 Å². The first-order valence-electron chi connectivity index (χ1n) is 10.8. The molecule has 0 spiro atoms. The van der Waals surface area contributed by atoms with E-state index in [1.807, 2.05) is 0 Å². The molecule has 6 heteroatoms. The number of piperidine rings is 1. The van der Waals surface area contributed by atoms with Crippen LogP contribution in [0.25, 0.3) is 0 Å². The van der Waals surface area contributed by atoms with Gasteiger partial charge in [0.1, 0.15) is 0 Å². The van der Waals surface area contributed by atoms with Crippen LogP contribution in [0, 0.1) is 17.8 Å². The zero-order chi connectivity index (χ0) is 19.7. The Hall–Kier alpha value is -1.40. The van der Waals surface area contributed by atoms with Crippen LogP contribution in [0.15, 0.2) is 29.2 Å². The number of sulfonamides is 1. The van der Waals surface area contributed by atoms with E-state index in [9.17, 15) is 13.2 Å². The van der Waals surface area contributed by atoms with Gasteiger partial charge in [0.15, 0.2) is 0 Å². The maximum Gasteiger partial charge on any atom is 0.243 e. The molecule has 1 aromatic carbocycles. The third-order valence-electron chi connectivity index (χ3n) is 7.06.